The number of benzene rings is 1. The van der Waals surface area contributed by atoms with Crippen molar-refractivity contribution in [2.24, 2.45) is 0 Å². The molecule has 1 aromatic carbocycles. The number of carbonyl (C=O) groups is 1. The van der Waals surface area contributed by atoms with Gasteiger partial charge in [-0.15, -0.1) is 0 Å². The van der Waals surface area contributed by atoms with Crippen molar-refractivity contribution in [2.75, 3.05) is 12.3 Å². The zero-order valence-electron chi connectivity index (χ0n) is 14.9. The number of anilines is 1. The summed E-state index contributed by atoms with van der Waals surface area (Å²) in [5, 5.41) is 11.2. The predicted octanol–water partition coefficient (Wildman–Crippen LogP) is 3.99. The largest absolute Gasteiger partial charge is 0.465 e. The van der Waals surface area contributed by atoms with Crippen LogP contribution in [0.4, 0.5) is 10.5 Å². The van der Waals surface area contributed by atoms with Gasteiger partial charge in [0.25, 0.3) is 0 Å². The molecule has 0 atom stereocenters. The topological polar surface area (TPSA) is 84.6 Å². The quantitative estimate of drug-likeness (QED) is 0.399. The van der Waals surface area contributed by atoms with E-state index in [0.29, 0.717) is 13.2 Å². The molecule has 1 aromatic rings. The molecule has 0 aliphatic carbocycles. The van der Waals surface area contributed by atoms with E-state index < -0.39 is 14.4 Å². The Labute approximate surface area is 140 Å². The van der Waals surface area contributed by atoms with Crippen molar-refractivity contribution in [1.82, 2.24) is 5.32 Å². The van der Waals surface area contributed by atoms with E-state index in [9.17, 15) is 4.79 Å². The second-order valence-corrected chi connectivity index (χ2v) is 12.2. The highest BCUT2D eigenvalue weighted by atomic mass is 28.4. The second kappa shape index (κ2) is 7.83. The Bertz CT molecular complexity index is 539. The standard InChI is InChI=1S/C17H30N2O3Si/c1-17(2,3)23(4,5)22-12-14-11-15(18)9-8-13(14)7-6-10-19-16(20)21/h8-9,11,19H,6-7,10,12,18H2,1-5H3,(H,20,21). The second-order valence-electron chi connectivity index (χ2n) is 7.41. The van der Waals surface area contributed by atoms with Crippen LogP contribution in [0, 0.1) is 0 Å². The molecule has 0 spiro atoms. The Morgan fingerprint density at radius 1 is 1.30 bits per heavy atom. The van der Waals surface area contributed by atoms with Crippen LogP contribution in [0.1, 0.15) is 38.3 Å². The molecule has 0 aromatic heterocycles. The molecule has 1 amide bonds. The van der Waals surface area contributed by atoms with E-state index in [0.717, 1.165) is 24.1 Å². The fourth-order valence-electron chi connectivity index (χ4n) is 1.97. The van der Waals surface area contributed by atoms with Crippen LogP contribution in [0.2, 0.25) is 18.1 Å². The zero-order chi connectivity index (χ0) is 17.7. The lowest BCUT2D eigenvalue weighted by Crippen LogP contribution is -2.40. The molecule has 6 heteroatoms. The molecule has 1 rings (SSSR count). The summed E-state index contributed by atoms with van der Waals surface area (Å²) in [5.74, 6) is 0. The first kappa shape index (κ1) is 19.5. The van der Waals surface area contributed by atoms with Gasteiger partial charge in [0, 0.05) is 12.2 Å². The molecule has 130 valence electrons. The first-order valence-corrected chi connectivity index (χ1v) is 10.9. The lowest BCUT2D eigenvalue weighted by Gasteiger charge is -2.36. The maximum absolute atomic E-state index is 10.5. The predicted molar refractivity (Wildman–Crippen MR) is 97.2 cm³/mol. The molecule has 0 aliphatic rings. The van der Waals surface area contributed by atoms with Crippen molar-refractivity contribution in [1.29, 1.82) is 0 Å². The van der Waals surface area contributed by atoms with Gasteiger partial charge in [-0.1, -0.05) is 26.8 Å². The van der Waals surface area contributed by atoms with E-state index in [2.05, 4.69) is 39.2 Å². The van der Waals surface area contributed by atoms with E-state index in [1.807, 2.05) is 18.2 Å². The van der Waals surface area contributed by atoms with Crippen molar-refractivity contribution >= 4 is 20.1 Å². The van der Waals surface area contributed by atoms with E-state index >= 15 is 0 Å². The minimum atomic E-state index is -1.81. The average molecular weight is 339 g/mol. The first-order chi connectivity index (χ1) is 10.5. The Kier molecular flexibility index (Phi) is 6.65. The third-order valence-electron chi connectivity index (χ3n) is 4.52. The third kappa shape index (κ3) is 6.23. The van der Waals surface area contributed by atoms with Gasteiger partial charge in [0.15, 0.2) is 8.32 Å². The number of hydrogen-bond acceptors (Lipinski definition) is 3. The maximum atomic E-state index is 10.5. The van der Waals surface area contributed by atoms with Crippen LogP contribution < -0.4 is 11.1 Å². The molecule has 23 heavy (non-hydrogen) atoms. The van der Waals surface area contributed by atoms with Crippen LogP contribution in [0.3, 0.4) is 0 Å². The summed E-state index contributed by atoms with van der Waals surface area (Å²) < 4.78 is 6.29. The summed E-state index contributed by atoms with van der Waals surface area (Å²) >= 11 is 0. The number of aryl methyl sites for hydroxylation is 1. The molecule has 4 N–H and O–H groups in total. The number of rotatable bonds is 7. The van der Waals surface area contributed by atoms with Gasteiger partial charge in [0.05, 0.1) is 6.61 Å². The fraction of sp³-hybridized carbons (Fsp3) is 0.588. The molecule has 0 heterocycles. The average Bonchev–Trinajstić information content (AvgIpc) is 2.41. The summed E-state index contributed by atoms with van der Waals surface area (Å²) in [6, 6.07) is 5.86. The van der Waals surface area contributed by atoms with Crippen molar-refractivity contribution in [2.45, 2.75) is 58.4 Å². The normalized spacial score (nSPS) is 12.2. The van der Waals surface area contributed by atoms with E-state index in [4.69, 9.17) is 15.3 Å². The monoisotopic (exact) mass is 338 g/mol. The van der Waals surface area contributed by atoms with Crippen molar-refractivity contribution in [3.05, 3.63) is 29.3 Å². The van der Waals surface area contributed by atoms with Crippen LogP contribution in [0.5, 0.6) is 0 Å². The Morgan fingerprint density at radius 3 is 2.52 bits per heavy atom. The van der Waals surface area contributed by atoms with Crippen LogP contribution in [-0.2, 0) is 17.5 Å². The van der Waals surface area contributed by atoms with Gasteiger partial charge in [-0.05, 0) is 54.2 Å². The Hall–Kier alpha value is -1.53. The Morgan fingerprint density at radius 2 is 1.96 bits per heavy atom. The van der Waals surface area contributed by atoms with Crippen molar-refractivity contribution in [3.63, 3.8) is 0 Å². The third-order valence-corrected chi connectivity index (χ3v) is 9.00. The molecule has 0 aliphatic heterocycles. The highest BCUT2D eigenvalue weighted by Crippen LogP contribution is 2.37. The number of nitrogens with two attached hydrogens (primary N) is 1. The van der Waals surface area contributed by atoms with Gasteiger partial charge in [0.1, 0.15) is 0 Å². The molecular weight excluding hydrogens is 308 g/mol. The summed E-state index contributed by atoms with van der Waals surface area (Å²) in [6.07, 6.45) is 0.573. The minimum absolute atomic E-state index is 0.166. The highest BCUT2D eigenvalue weighted by molar-refractivity contribution is 6.74. The van der Waals surface area contributed by atoms with Gasteiger partial charge in [-0.2, -0.15) is 0 Å². The summed E-state index contributed by atoms with van der Waals surface area (Å²) in [4.78, 5) is 10.5. The highest BCUT2D eigenvalue weighted by Gasteiger charge is 2.37. The van der Waals surface area contributed by atoms with Crippen LogP contribution in [-0.4, -0.2) is 26.1 Å². The number of nitrogen functional groups attached to an aromatic ring is 1. The number of nitrogens with one attached hydrogen (secondary N) is 1. The van der Waals surface area contributed by atoms with Crippen molar-refractivity contribution < 1.29 is 14.3 Å². The molecule has 0 unspecified atom stereocenters. The van der Waals surface area contributed by atoms with E-state index in [-0.39, 0.29) is 5.04 Å². The molecule has 0 radical (unpaired) electrons. The van der Waals surface area contributed by atoms with Gasteiger partial charge in [0.2, 0.25) is 0 Å². The molecular formula is C17H30N2O3Si. The van der Waals surface area contributed by atoms with Crippen LogP contribution >= 0.6 is 0 Å². The van der Waals surface area contributed by atoms with Gasteiger partial charge < -0.3 is 20.6 Å². The summed E-state index contributed by atoms with van der Waals surface area (Å²) in [7, 11) is -1.81. The summed E-state index contributed by atoms with van der Waals surface area (Å²) in [5.41, 5.74) is 8.91. The SMILES string of the molecule is CC(C)(C)[Si](C)(C)OCc1cc(N)ccc1CCCNC(=O)O. The maximum Gasteiger partial charge on any atom is 0.404 e. The molecule has 0 saturated carbocycles. The lowest BCUT2D eigenvalue weighted by atomic mass is 10.0. The number of hydrogen-bond donors (Lipinski definition) is 3. The minimum Gasteiger partial charge on any atom is -0.465 e. The fourth-order valence-corrected chi connectivity index (χ4v) is 2.92. The van der Waals surface area contributed by atoms with E-state index in [1.165, 1.54) is 5.56 Å². The Balaban J connectivity index is 2.73. The molecule has 0 fully saturated rings. The smallest absolute Gasteiger partial charge is 0.404 e. The molecule has 5 nitrogen and oxygen atoms in total. The van der Waals surface area contributed by atoms with Gasteiger partial charge in [-0.25, -0.2) is 4.79 Å². The van der Waals surface area contributed by atoms with E-state index in [1.54, 1.807) is 0 Å². The molecule has 0 bridgehead atoms. The first-order valence-electron chi connectivity index (χ1n) is 8.01. The molecule has 0 saturated heterocycles. The van der Waals surface area contributed by atoms with Gasteiger partial charge in [-0.3, -0.25) is 0 Å². The number of carboxylic acid groups (broad SMARTS) is 1. The van der Waals surface area contributed by atoms with Gasteiger partial charge >= 0.3 is 6.09 Å². The zero-order valence-corrected chi connectivity index (χ0v) is 15.9. The lowest BCUT2D eigenvalue weighted by molar-refractivity contribution is 0.194. The number of amides is 1. The van der Waals surface area contributed by atoms with Crippen molar-refractivity contribution in [3.8, 4) is 0 Å². The van der Waals surface area contributed by atoms with Crippen LogP contribution in [0.15, 0.2) is 18.2 Å². The van der Waals surface area contributed by atoms with Crippen LogP contribution in [0.25, 0.3) is 0 Å². The summed E-state index contributed by atoms with van der Waals surface area (Å²) in [6.45, 7) is 12.1.